The van der Waals surface area contributed by atoms with Gasteiger partial charge in [0, 0.05) is 45.3 Å². The molecule has 112 valence electrons. The third-order valence-corrected chi connectivity index (χ3v) is 4.14. The molecule has 0 N–H and O–H groups in total. The molecule has 2 aromatic rings. The fraction of sp³-hybridized carbons (Fsp3) is 0.533. The van der Waals surface area contributed by atoms with Gasteiger partial charge >= 0.3 is 0 Å². The van der Waals surface area contributed by atoms with Crippen LogP contribution in [0.15, 0.2) is 24.8 Å². The first-order chi connectivity index (χ1) is 10.1. The van der Waals surface area contributed by atoms with Crippen molar-refractivity contribution in [2.75, 3.05) is 13.1 Å². The van der Waals surface area contributed by atoms with Gasteiger partial charge in [-0.15, -0.1) is 0 Å². The van der Waals surface area contributed by atoms with Crippen LogP contribution in [0.3, 0.4) is 0 Å². The number of carbonyl (C=O) groups is 1. The SMILES string of the molecule is Cc1nccn1C[C@@H]1CCCN(C(=O)c2cnn(C)c2)C1. The van der Waals surface area contributed by atoms with Crippen molar-refractivity contribution >= 4 is 5.91 Å². The molecule has 6 nitrogen and oxygen atoms in total. The molecule has 0 aliphatic carbocycles. The summed E-state index contributed by atoms with van der Waals surface area (Å²) >= 11 is 0. The van der Waals surface area contributed by atoms with Crippen LogP contribution in [-0.2, 0) is 13.6 Å². The van der Waals surface area contributed by atoms with Crippen LogP contribution >= 0.6 is 0 Å². The average molecular weight is 287 g/mol. The zero-order chi connectivity index (χ0) is 14.8. The number of carbonyl (C=O) groups excluding carboxylic acids is 1. The van der Waals surface area contributed by atoms with E-state index in [0.29, 0.717) is 11.5 Å². The molecule has 3 heterocycles. The summed E-state index contributed by atoms with van der Waals surface area (Å²) in [5.41, 5.74) is 0.678. The number of rotatable bonds is 3. The molecule has 0 saturated carbocycles. The third kappa shape index (κ3) is 2.99. The van der Waals surface area contributed by atoms with E-state index in [0.717, 1.165) is 38.3 Å². The van der Waals surface area contributed by atoms with Gasteiger partial charge in [0.1, 0.15) is 5.82 Å². The summed E-state index contributed by atoms with van der Waals surface area (Å²) in [6.45, 7) is 4.60. The smallest absolute Gasteiger partial charge is 0.257 e. The van der Waals surface area contributed by atoms with Crippen molar-refractivity contribution in [1.82, 2.24) is 24.2 Å². The summed E-state index contributed by atoms with van der Waals surface area (Å²) < 4.78 is 3.84. The van der Waals surface area contributed by atoms with Crippen LogP contribution < -0.4 is 0 Å². The Morgan fingerprint density at radius 2 is 2.33 bits per heavy atom. The Hall–Kier alpha value is -2.11. The summed E-state index contributed by atoms with van der Waals surface area (Å²) in [4.78, 5) is 18.7. The van der Waals surface area contributed by atoms with Crippen molar-refractivity contribution in [1.29, 1.82) is 0 Å². The van der Waals surface area contributed by atoms with E-state index in [1.807, 2.05) is 31.3 Å². The largest absolute Gasteiger partial charge is 0.338 e. The van der Waals surface area contributed by atoms with Crippen LogP contribution in [0, 0.1) is 12.8 Å². The summed E-state index contributed by atoms with van der Waals surface area (Å²) in [5, 5.41) is 4.08. The van der Waals surface area contributed by atoms with Crippen molar-refractivity contribution in [3.05, 3.63) is 36.2 Å². The molecule has 0 bridgehead atoms. The van der Waals surface area contributed by atoms with Crippen molar-refractivity contribution in [2.24, 2.45) is 13.0 Å². The lowest BCUT2D eigenvalue weighted by atomic mass is 9.97. The first kappa shape index (κ1) is 13.9. The Morgan fingerprint density at radius 3 is 3.00 bits per heavy atom. The number of hydrogen-bond donors (Lipinski definition) is 0. The number of amides is 1. The van der Waals surface area contributed by atoms with Crippen molar-refractivity contribution in [2.45, 2.75) is 26.3 Å². The molecule has 21 heavy (non-hydrogen) atoms. The van der Waals surface area contributed by atoms with Crippen LogP contribution in [0.1, 0.15) is 29.0 Å². The maximum absolute atomic E-state index is 12.5. The predicted molar refractivity (Wildman–Crippen MR) is 78.8 cm³/mol. The minimum atomic E-state index is 0.0927. The number of hydrogen-bond acceptors (Lipinski definition) is 3. The van der Waals surface area contributed by atoms with E-state index in [4.69, 9.17) is 0 Å². The highest BCUT2D eigenvalue weighted by atomic mass is 16.2. The van der Waals surface area contributed by atoms with E-state index in [1.165, 1.54) is 0 Å². The van der Waals surface area contributed by atoms with Gasteiger partial charge in [-0.3, -0.25) is 9.48 Å². The van der Waals surface area contributed by atoms with Crippen molar-refractivity contribution in [3.63, 3.8) is 0 Å². The maximum atomic E-state index is 12.5. The number of imidazole rings is 1. The van der Waals surface area contributed by atoms with E-state index in [9.17, 15) is 4.79 Å². The van der Waals surface area contributed by atoms with E-state index >= 15 is 0 Å². The van der Waals surface area contributed by atoms with E-state index in [2.05, 4.69) is 14.6 Å². The lowest BCUT2D eigenvalue weighted by molar-refractivity contribution is 0.0662. The molecule has 2 aromatic heterocycles. The Morgan fingerprint density at radius 1 is 1.48 bits per heavy atom. The molecule has 1 fully saturated rings. The van der Waals surface area contributed by atoms with E-state index in [1.54, 1.807) is 17.1 Å². The Labute approximate surface area is 124 Å². The highest BCUT2D eigenvalue weighted by Crippen LogP contribution is 2.20. The second-order valence-corrected chi connectivity index (χ2v) is 5.79. The van der Waals surface area contributed by atoms with Crippen molar-refractivity contribution < 1.29 is 4.79 Å². The molecule has 1 aliphatic rings. The molecule has 6 heteroatoms. The predicted octanol–water partition coefficient (Wildman–Crippen LogP) is 1.48. The maximum Gasteiger partial charge on any atom is 0.257 e. The lowest BCUT2D eigenvalue weighted by Crippen LogP contribution is -2.41. The van der Waals surface area contributed by atoms with Gasteiger partial charge in [0.25, 0.3) is 5.91 Å². The van der Waals surface area contributed by atoms with Crippen LogP contribution in [-0.4, -0.2) is 43.2 Å². The molecule has 0 aromatic carbocycles. The van der Waals surface area contributed by atoms with Gasteiger partial charge in [-0.1, -0.05) is 0 Å². The molecule has 1 saturated heterocycles. The van der Waals surface area contributed by atoms with Crippen LogP contribution in [0.5, 0.6) is 0 Å². The minimum Gasteiger partial charge on any atom is -0.338 e. The topological polar surface area (TPSA) is 56.0 Å². The molecule has 3 rings (SSSR count). The quantitative estimate of drug-likeness (QED) is 0.859. The van der Waals surface area contributed by atoms with Crippen molar-refractivity contribution in [3.8, 4) is 0 Å². The van der Waals surface area contributed by atoms with Crippen LogP contribution in [0.25, 0.3) is 0 Å². The first-order valence-corrected chi connectivity index (χ1v) is 7.39. The Balaban J connectivity index is 1.65. The van der Waals surface area contributed by atoms with Crippen LogP contribution in [0.2, 0.25) is 0 Å². The van der Waals surface area contributed by atoms with E-state index < -0.39 is 0 Å². The third-order valence-electron chi connectivity index (χ3n) is 4.14. The zero-order valence-corrected chi connectivity index (χ0v) is 12.6. The van der Waals surface area contributed by atoms with Crippen LogP contribution in [0.4, 0.5) is 0 Å². The zero-order valence-electron chi connectivity index (χ0n) is 12.6. The summed E-state index contributed by atoms with van der Waals surface area (Å²) in [5.74, 6) is 1.62. The summed E-state index contributed by atoms with van der Waals surface area (Å²) in [6, 6.07) is 0. The minimum absolute atomic E-state index is 0.0927. The molecule has 1 aliphatic heterocycles. The molecule has 0 unspecified atom stereocenters. The lowest BCUT2D eigenvalue weighted by Gasteiger charge is -2.33. The fourth-order valence-corrected chi connectivity index (χ4v) is 2.99. The number of aromatic nitrogens is 4. The standard InChI is InChI=1S/C15H21N5O/c1-12-16-5-7-19(12)9-13-4-3-6-20(10-13)15(21)14-8-17-18(2)11-14/h5,7-8,11,13H,3-4,6,9-10H2,1-2H3/t13-/m0/s1. The number of aryl methyl sites for hydroxylation is 2. The fourth-order valence-electron chi connectivity index (χ4n) is 2.99. The Kier molecular flexibility index (Phi) is 3.77. The average Bonchev–Trinajstić information content (AvgIpc) is 3.08. The molecule has 0 radical (unpaired) electrons. The van der Waals surface area contributed by atoms with Gasteiger partial charge in [-0.2, -0.15) is 5.10 Å². The van der Waals surface area contributed by atoms with Gasteiger partial charge in [0.15, 0.2) is 0 Å². The number of likely N-dealkylation sites (tertiary alicyclic amines) is 1. The second kappa shape index (κ2) is 5.71. The van der Waals surface area contributed by atoms with Gasteiger partial charge in [-0.05, 0) is 25.7 Å². The summed E-state index contributed by atoms with van der Waals surface area (Å²) in [7, 11) is 1.83. The highest BCUT2D eigenvalue weighted by Gasteiger charge is 2.25. The summed E-state index contributed by atoms with van der Waals surface area (Å²) in [6.07, 6.45) is 9.49. The van der Waals surface area contributed by atoms with Gasteiger partial charge < -0.3 is 9.47 Å². The normalized spacial score (nSPS) is 19.0. The first-order valence-electron chi connectivity index (χ1n) is 7.39. The Bertz CT molecular complexity index is 630. The van der Waals surface area contributed by atoms with Gasteiger partial charge in [0.05, 0.1) is 11.8 Å². The molecule has 1 atom stereocenters. The number of nitrogens with zero attached hydrogens (tertiary/aromatic N) is 5. The van der Waals surface area contributed by atoms with Gasteiger partial charge in [-0.25, -0.2) is 4.98 Å². The monoisotopic (exact) mass is 287 g/mol. The van der Waals surface area contributed by atoms with Gasteiger partial charge in [0.2, 0.25) is 0 Å². The van der Waals surface area contributed by atoms with E-state index in [-0.39, 0.29) is 5.91 Å². The molecular weight excluding hydrogens is 266 g/mol. The highest BCUT2D eigenvalue weighted by molar-refractivity contribution is 5.93. The number of piperidine rings is 1. The second-order valence-electron chi connectivity index (χ2n) is 5.79. The molecule has 1 amide bonds. The molecular formula is C15H21N5O. The molecule has 0 spiro atoms.